The molecule has 4 heterocycles. The van der Waals surface area contributed by atoms with E-state index in [0.29, 0.717) is 6.61 Å². The number of ether oxygens (including phenoxy) is 1. The van der Waals surface area contributed by atoms with Gasteiger partial charge >= 0.3 is 0 Å². The molecule has 1 unspecified atom stereocenters. The van der Waals surface area contributed by atoms with Crippen LogP contribution in [-0.2, 0) is 11.3 Å². The van der Waals surface area contributed by atoms with E-state index >= 15 is 0 Å². The van der Waals surface area contributed by atoms with Gasteiger partial charge in [0.15, 0.2) is 0 Å². The number of hydrogen-bond acceptors (Lipinski definition) is 4. The molecule has 0 bridgehead atoms. The number of aromatic amines is 2. The summed E-state index contributed by atoms with van der Waals surface area (Å²) in [7, 11) is 0. The molecule has 1 aliphatic heterocycles. The number of benzene rings is 1. The van der Waals surface area contributed by atoms with Crippen LogP contribution in [0.1, 0.15) is 17.4 Å². The molecule has 1 fully saturated rings. The van der Waals surface area contributed by atoms with Crippen LogP contribution in [0.3, 0.4) is 0 Å². The Morgan fingerprint density at radius 1 is 1.15 bits per heavy atom. The number of nitrogens with one attached hydrogen (secondary N) is 2. The van der Waals surface area contributed by atoms with Gasteiger partial charge in [-0.15, -0.1) is 0 Å². The number of morpholine rings is 1. The molecular weight excluding hydrogens is 338 g/mol. The Hall–Kier alpha value is -2.96. The van der Waals surface area contributed by atoms with Crippen LogP contribution in [0.2, 0.25) is 0 Å². The van der Waals surface area contributed by atoms with Crippen molar-refractivity contribution in [1.82, 2.24) is 24.8 Å². The van der Waals surface area contributed by atoms with Crippen molar-refractivity contribution in [3.63, 3.8) is 0 Å². The monoisotopic (exact) mass is 359 g/mol. The van der Waals surface area contributed by atoms with Crippen LogP contribution in [0.4, 0.5) is 0 Å². The zero-order valence-corrected chi connectivity index (χ0v) is 14.9. The molecule has 136 valence electrons. The number of hydrogen-bond donors (Lipinski definition) is 2. The molecule has 0 aliphatic carbocycles. The standard InChI is InChI=1S/C21H21N5O/c1-2-6-18-17(5-1)16(11-23-18)13-26-8-9-27-14-20(26)21-24-12-19(25-21)15-4-3-7-22-10-15/h1-7,10-12,20,23H,8-9,13-14H2,(H,24,25). The SMILES string of the molecule is c1cncc(-c2cnc(C3COCCN3Cc3c[nH]c4ccccc34)[nH]2)c1. The molecular formula is C21H21N5O. The van der Waals surface area contributed by atoms with Crippen LogP contribution >= 0.6 is 0 Å². The molecule has 0 radical (unpaired) electrons. The van der Waals surface area contributed by atoms with Crippen LogP contribution in [-0.4, -0.2) is 44.6 Å². The smallest absolute Gasteiger partial charge is 0.126 e. The largest absolute Gasteiger partial charge is 0.378 e. The molecule has 4 aromatic rings. The number of nitrogens with zero attached hydrogens (tertiary/aromatic N) is 3. The number of imidazole rings is 1. The first-order chi connectivity index (χ1) is 13.4. The Morgan fingerprint density at radius 2 is 2.11 bits per heavy atom. The highest BCUT2D eigenvalue weighted by molar-refractivity contribution is 5.82. The molecule has 1 aromatic carbocycles. The Kier molecular flexibility index (Phi) is 4.20. The summed E-state index contributed by atoms with van der Waals surface area (Å²) in [6.45, 7) is 3.13. The van der Waals surface area contributed by atoms with Gasteiger partial charge in [-0.3, -0.25) is 9.88 Å². The van der Waals surface area contributed by atoms with Gasteiger partial charge in [0, 0.05) is 48.1 Å². The van der Waals surface area contributed by atoms with Crippen molar-refractivity contribution in [2.24, 2.45) is 0 Å². The second kappa shape index (κ2) is 6.98. The first-order valence-electron chi connectivity index (χ1n) is 9.20. The van der Waals surface area contributed by atoms with Gasteiger partial charge in [0.1, 0.15) is 5.82 Å². The second-order valence-electron chi connectivity index (χ2n) is 6.84. The van der Waals surface area contributed by atoms with Gasteiger partial charge in [0.05, 0.1) is 31.1 Å². The summed E-state index contributed by atoms with van der Waals surface area (Å²) in [5, 5.41) is 1.28. The highest BCUT2D eigenvalue weighted by Crippen LogP contribution is 2.28. The summed E-state index contributed by atoms with van der Waals surface area (Å²) in [4.78, 5) is 18.1. The molecule has 27 heavy (non-hydrogen) atoms. The molecule has 0 saturated carbocycles. The van der Waals surface area contributed by atoms with Gasteiger partial charge in [0.25, 0.3) is 0 Å². The highest BCUT2D eigenvalue weighted by Gasteiger charge is 2.27. The quantitative estimate of drug-likeness (QED) is 0.585. The average Bonchev–Trinajstić information content (AvgIpc) is 3.37. The average molecular weight is 359 g/mol. The van der Waals surface area contributed by atoms with Gasteiger partial charge in [-0.05, 0) is 23.8 Å². The molecule has 3 aromatic heterocycles. The molecule has 0 amide bonds. The summed E-state index contributed by atoms with van der Waals surface area (Å²) >= 11 is 0. The predicted molar refractivity (Wildman–Crippen MR) is 104 cm³/mol. The summed E-state index contributed by atoms with van der Waals surface area (Å²) in [5.41, 5.74) is 4.50. The maximum Gasteiger partial charge on any atom is 0.126 e. The van der Waals surface area contributed by atoms with Gasteiger partial charge in [-0.1, -0.05) is 18.2 Å². The van der Waals surface area contributed by atoms with E-state index in [-0.39, 0.29) is 6.04 Å². The third kappa shape index (κ3) is 3.13. The van der Waals surface area contributed by atoms with Crippen LogP contribution in [0.5, 0.6) is 0 Å². The van der Waals surface area contributed by atoms with Crippen molar-refractivity contribution in [1.29, 1.82) is 0 Å². The Balaban J connectivity index is 1.42. The number of H-pyrrole nitrogens is 2. The topological polar surface area (TPSA) is 69.8 Å². The zero-order chi connectivity index (χ0) is 18.1. The molecule has 1 saturated heterocycles. The van der Waals surface area contributed by atoms with Crippen molar-refractivity contribution in [3.05, 3.63) is 72.6 Å². The Bertz CT molecular complexity index is 1040. The molecule has 1 atom stereocenters. The Labute approximate surface area is 157 Å². The van der Waals surface area contributed by atoms with E-state index in [1.54, 1.807) is 6.20 Å². The van der Waals surface area contributed by atoms with Crippen molar-refractivity contribution in [2.75, 3.05) is 19.8 Å². The molecule has 2 N–H and O–H groups in total. The number of pyridine rings is 1. The van der Waals surface area contributed by atoms with E-state index in [4.69, 9.17) is 4.74 Å². The fourth-order valence-corrected chi connectivity index (χ4v) is 3.74. The van der Waals surface area contributed by atoms with Crippen molar-refractivity contribution in [2.45, 2.75) is 12.6 Å². The molecule has 0 spiro atoms. The molecule has 5 rings (SSSR count). The van der Waals surface area contributed by atoms with Crippen molar-refractivity contribution >= 4 is 10.9 Å². The summed E-state index contributed by atoms with van der Waals surface area (Å²) in [5.74, 6) is 0.938. The number of para-hydroxylation sites is 1. The van der Waals surface area contributed by atoms with Crippen molar-refractivity contribution in [3.8, 4) is 11.3 Å². The maximum atomic E-state index is 5.77. The van der Waals surface area contributed by atoms with E-state index < -0.39 is 0 Å². The minimum absolute atomic E-state index is 0.109. The van der Waals surface area contributed by atoms with E-state index in [1.807, 2.05) is 24.5 Å². The fourth-order valence-electron chi connectivity index (χ4n) is 3.74. The van der Waals surface area contributed by atoms with Gasteiger partial charge in [-0.25, -0.2) is 4.98 Å². The van der Waals surface area contributed by atoms with Crippen LogP contribution in [0, 0.1) is 0 Å². The first kappa shape index (κ1) is 16.2. The minimum Gasteiger partial charge on any atom is -0.378 e. The third-order valence-electron chi connectivity index (χ3n) is 5.17. The van der Waals surface area contributed by atoms with E-state index in [2.05, 4.69) is 55.3 Å². The number of aromatic nitrogens is 4. The normalized spacial score (nSPS) is 18.1. The van der Waals surface area contributed by atoms with Crippen LogP contribution in [0.25, 0.3) is 22.2 Å². The summed E-state index contributed by atoms with van der Waals surface area (Å²) in [6, 6.07) is 12.5. The van der Waals surface area contributed by atoms with Gasteiger partial charge in [0.2, 0.25) is 0 Å². The molecule has 6 heteroatoms. The predicted octanol–water partition coefficient (Wildman–Crippen LogP) is 3.53. The van der Waals surface area contributed by atoms with Crippen LogP contribution < -0.4 is 0 Å². The fraction of sp³-hybridized carbons (Fsp3) is 0.238. The zero-order valence-electron chi connectivity index (χ0n) is 14.9. The lowest BCUT2D eigenvalue weighted by Crippen LogP contribution is -2.39. The van der Waals surface area contributed by atoms with E-state index in [9.17, 15) is 0 Å². The van der Waals surface area contributed by atoms with E-state index in [1.165, 1.54) is 16.5 Å². The highest BCUT2D eigenvalue weighted by atomic mass is 16.5. The van der Waals surface area contributed by atoms with E-state index in [0.717, 1.165) is 36.8 Å². The third-order valence-corrected chi connectivity index (χ3v) is 5.17. The van der Waals surface area contributed by atoms with Gasteiger partial charge in [-0.2, -0.15) is 0 Å². The maximum absolute atomic E-state index is 5.77. The van der Waals surface area contributed by atoms with Crippen LogP contribution in [0.15, 0.2) is 61.2 Å². The first-order valence-corrected chi connectivity index (χ1v) is 9.20. The molecule has 1 aliphatic rings. The molecule has 6 nitrogen and oxygen atoms in total. The number of rotatable bonds is 4. The summed E-state index contributed by atoms with van der Waals surface area (Å²) in [6.07, 6.45) is 7.61. The van der Waals surface area contributed by atoms with Gasteiger partial charge < -0.3 is 14.7 Å². The minimum atomic E-state index is 0.109. The Morgan fingerprint density at radius 3 is 3.04 bits per heavy atom. The number of fused-ring (bicyclic) bond motifs is 1. The lowest BCUT2D eigenvalue weighted by Gasteiger charge is -2.34. The van der Waals surface area contributed by atoms with Crippen molar-refractivity contribution < 1.29 is 4.74 Å². The summed E-state index contributed by atoms with van der Waals surface area (Å²) < 4.78 is 5.77. The lowest BCUT2D eigenvalue weighted by molar-refractivity contribution is -0.0154. The second-order valence-corrected chi connectivity index (χ2v) is 6.84. The lowest BCUT2D eigenvalue weighted by atomic mass is 10.1.